The van der Waals surface area contributed by atoms with Crippen LogP contribution >= 0.6 is 11.6 Å². The van der Waals surface area contributed by atoms with E-state index < -0.39 is 5.97 Å². The second kappa shape index (κ2) is 5.63. The Hall–Kier alpha value is -2.20. The molecule has 0 saturated heterocycles. The summed E-state index contributed by atoms with van der Waals surface area (Å²) in [5.41, 5.74) is 0.0170. The van der Waals surface area contributed by atoms with Crippen molar-refractivity contribution >= 4 is 17.6 Å². The summed E-state index contributed by atoms with van der Waals surface area (Å²) in [6.07, 6.45) is 0. The molecule has 98 valence electrons. The predicted molar refractivity (Wildman–Crippen MR) is 71.5 cm³/mol. The summed E-state index contributed by atoms with van der Waals surface area (Å²) in [5.74, 6) is 0.203. The summed E-state index contributed by atoms with van der Waals surface area (Å²) in [4.78, 5) is 11.1. The molecule has 2 aromatic rings. The number of ether oxygens (including phenoxy) is 2. The summed E-state index contributed by atoms with van der Waals surface area (Å²) < 4.78 is 10.6. The van der Waals surface area contributed by atoms with Gasteiger partial charge in [-0.15, -0.1) is 0 Å². The first-order valence-electron chi connectivity index (χ1n) is 5.45. The minimum absolute atomic E-state index is 0.0170. The molecule has 0 radical (unpaired) electrons. The van der Waals surface area contributed by atoms with Crippen molar-refractivity contribution in [2.75, 3.05) is 7.11 Å². The zero-order valence-corrected chi connectivity index (χ0v) is 10.8. The molecule has 0 amide bonds. The van der Waals surface area contributed by atoms with Crippen molar-refractivity contribution in [2.24, 2.45) is 0 Å². The average Bonchev–Trinajstić information content (AvgIpc) is 2.41. The van der Waals surface area contributed by atoms with Crippen LogP contribution < -0.4 is 9.47 Å². The Kier molecular flexibility index (Phi) is 3.92. The highest BCUT2D eigenvalue weighted by Crippen LogP contribution is 2.33. The first-order chi connectivity index (χ1) is 9.11. The maximum atomic E-state index is 11.1. The lowest BCUT2D eigenvalue weighted by Crippen LogP contribution is -2.00. The lowest BCUT2D eigenvalue weighted by atomic mass is 10.2. The first kappa shape index (κ1) is 13.2. The number of carbonyl (C=O) groups is 1. The van der Waals surface area contributed by atoms with Gasteiger partial charge >= 0.3 is 5.97 Å². The molecule has 0 heterocycles. The molecule has 0 aromatic heterocycles. The molecule has 0 unspecified atom stereocenters. The molecule has 19 heavy (non-hydrogen) atoms. The average molecular weight is 279 g/mol. The van der Waals surface area contributed by atoms with Crippen LogP contribution in [0.1, 0.15) is 10.4 Å². The third kappa shape index (κ3) is 2.98. The highest BCUT2D eigenvalue weighted by molar-refractivity contribution is 6.32. The van der Waals surface area contributed by atoms with Crippen molar-refractivity contribution in [3.8, 4) is 17.2 Å². The Bertz CT molecular complexity index is 593. The Morgan fingerprint density at radius 2 is 1.74 bits per heavy atom. The Morgan fingerprint density at radius 3 is 2.32 bits per heavy atom. The smallest absolute Gasteiger partial charge is 0.339 e. The normalized spacial score (nSPS) is 10.0. The Morgan fingerprint density at radius 1 is 1.11 bits per heavy atom. The minimum atomic E-state index is -1.09. The molecule has 0 saturated carbocycles. The molecule has 2 rings (SSSR count). The van der Waals surface area contributed by atoms with Crippen LogP contribution in [0.5, 0.6) is 17.2 Å². The zero-order chi connectivity index (χ0) is 13.8. The molecule has 0 bridgehead atoms. The number of para-hydroxylation sites is 1. The van der Waals surface area contributed by atoms with Gasteiger partial charge in [0, 0.05) is 0 Å². The summed E-state index contributed by atoms with van der Waals surface area (Å²) in [6.45, 7) is 0. The second-order valence-electron chi connectivity index (χ2n) is 3.70. The Balaban J connectivity index is 2.34. The van der Waals surface area contributed by atoms with Crippen LogP contribution in [0, 0.1) is 0 Å². The van der Waals surface area contributed by atoms with Gasteiger partial charge in [-0.1, -0.05) is 17.7 Å². The number of methoxy groups -OCH3 is 1. The van der Waals surface area contributed by atoms with E-state index in [-0.39, 0.29) is 16.3 Å². The van der Waals surface area contributed by atoms with Gasteiger partial charge in [0.2, 0.25) is 0 Å². The standard InChI is InChI=1S/C14H11ClO4/c1-18-9-5-7-10(8-6-9)19-13-11(14(16)17)3-2-4-12(13)15/h2-8H,1H3,(H,16,17). The molecule has 0 aliphatic carbocycles. The summed E-state index contributed by atoms with van der Waals surface area (Å²) in [5, 5.41) is 9.34. The zero-order valence-electron chi connectivity index (χ0n) is 10.1. The van der Waals surface area contributed by atoms with Gasteiger partial charge in [-0.2, -0.15) is 0 Å². The third-order valence-corrected chi connectivity index (χ3v) is 2.77. The maximum Gasteiger partial charge on any atom is 0.339 e. The molecular formula is C14H11ClO4. The van der Waals surface area contributed by atoms with E-state index in [1.807, 2.05) is 0 Å². The topological polar surface area (TPSA) is 55.8 Å². The van der Waals surface area contributed by atoms with Crippen molar-refractivity contribution in [2.45, 2.75) is 0 Å². The lowest BCUT2D eigenvalue weighted by molar-refractivity contribution is 0.0694. The molecule has 0 spiro atoms. The van der Waals surface area contributed by atoms with Crippen molar-refractivity contribution < 1.29 is 19.4 Å². The molecule has 0 aliphatic heterocycles. The molecule has 5 heteroatoms. The van der Waals surface area contributed by atoms with Gasteiger partial charge in [0.15, 0.2) is 5.75 Å². The van der Waals surface area contributed by atoms with Gasteiger partial charge in [0.25, 0.3) is 0 Å². The quantitative estimate of drug-likeness (QED) is 0.923. The largest absolute Gasteiger partial charge is 0.497 e. The van der Waals surface area contributed by atoms with E-state index in [2.05, 4.69) is 0 Å². The van der Waals surface area contributed by atoms with Crippen molar-refractivity contribution in [3.05, 3.63) is 53.1 Å². The molecule has 4 nitrogen and oxygen atoms in total. The van der Waals surface area contributed by atoms with Gasteiger partial charge in [-0.3, -0.25) is 0 Å². The molecular weight excluding hydrogens is 268 g/mol. The van der Waals surface area contributed by atoms with E-state index in [1.165, 1.54) is 6.07 Å². The van der Waals surface area contributed by atoms with Crippen LogP contribution in [0.25, 0.3) is 0 Å². The van der Waals surface area contributed by atoms with Crippen LogP contribution in [0.2, 0.25) is 5.02 Å². The Labute approximate surface area is 115 Å². The van der Waals surface area contributed by atoms with Crippen LogP contribution in [0.3, 0.4) is 0 Å². The van der Waals surface area contributed by atoms with E-state index in [9.17, 15) is 4.79 Å². The number of hydrogen-bond acceptors (Lipinski definition) is 3. The molecule has 0 aliphatic rings. The van der Waals surface area contributed by atoms with Gasteiger partial charge < -0.3 is 14.6 Å². The van der Waals surface area contributed by atoms with Crippen LogP contribution in [0.15, 0.2) is 42.5 Å². The molecule has 0 atom stereocenters. The molecule has 2 aromatic carbocycles. The summed E-state index contributed by atoms with van der Waals surface area (Å²) >= 11 is 5.97. The number of carboxylic acid groups (broad SMARTS) is 1. The maximum absolute atomic E-state index is 11.1. The first-order valence-corrected chi connectivity index (χ1v) is 5.83. The molecule has 1 N–H and O–H groups in total. The van der Waals surface area contributed by atoms with E-state index in [0.29, 0.717) is 11.5 Å². The number of carboxylic acids is 1. The second-order valence-corrected chi connectivity index (χ2v) is 4.11. The lowest BCUT2D eigenvalue weighted by Gasteiger charge is -2.10. The van der Waals surface area contributed by atoms with Gasteiger partial charge in [-0.25, -0.2) is 4.79 Å². The summed E-state index contributed by atoms with van der Waals surface area (Å²) in [7, 11) is 1.56. The number of halogens is 1. The number of rotatable bonds is 4. The van der Waals surface area contributed by atoms with Crippen LogP contribution in [0.4, 0.5) is 0 Å². The fraction of sp³-hybridized carbons (Fsp3) is 0.0714. The highest BCUT2D eigenvalue weighted by atomic mass is 35.5. The van der Waals surface area contributed by atoms with Crippen molar-refractivity contribution in [3.63, 3.8) is 0 Å². The van der Waals surface area contributed by atoms with E-state index in [4.69, 9.17) is 26.2 Å². The fourth-order valence-electron chi connectivity index (χ4n) is 1.54. The predicted octanol–water partition coefficient (Wildman–Crippen LogP) is 3.84. The van der Waals surface area contributed by atoms with Gasteiger partial charge in [0.1, 0.15) is 17.1 Å². The number of aromatic carboxylic acids is 1. The number of benzene rings is 2. The highest BCUT2D eigenvalue weighted by Gasteiger charge is 2.15. The number of hydrogen-bond donors (Lipinski definition) is 1. The molecule has 0 fully saturated rings. The van der Waals surface area contributed by atoms with Crippen molar-refractivity contribution in [1.82, 2.24) is 0 Å². The summed E-state index contributed by atoms with van der Waals surface area (Å²) in [6, 6.07) is 11.4. The van der Waals surface area contributed by atoms with E-state index >= 15 is 0 Å². The fourth-order valence-corrected chi connectivity index (χ4v) is 1.76. The van der Waals surface area contributed by atoms with Crippen molar-refractivity contribution in [1.29, 1.82) is 0 Å². The minimum Gasteiger partial charge on any atom is -0.497 e. The van der Waals surface area contributed by atoms with Gasteiger partial charge in [-0.05, 0) is 36.4 Å². The van der Waals surface area contributed by atoms with Crippen LogP contribution in [-0.2, 0) is 0 Å². The third-order valence-electron chi connectivity index (χ3n) is 2.48. The monoisotopic (exact) mass is 278 g/mol. The van der Waals surface area contributed by atoms with Gasteiger partial charge in [0.05, 0.1) is 12.1 Å². The van der Waals surface area contributed by atoms with E-state index in [1.54, 1.807) is 43.5 Å². The SMILES string of the molecule is COc1ccc(Oc2c(Cl)cccc2C(=O)O)cc1. The van der Waals surface area contributed by atoms with E-state index in [0.717, 1.165) is 0 Å². The van der Waals surface area contributed by atoms with Crippen LogP contribution in [-0.4, -0.2) is 18.2 Å².